The van der Waals surface area contributed by atoms with Crippen LogP contribution >= 0.6 is 0 Å². The van der Waals surface area contributed by atoms with E-state index in [1.165, 1.54) is 6.42 Å². The van der Waals surface area contributed by atoms with Crippen molar-refractivity contribution in [3.63, 3.8) is 0 Å². The van der Waals surface area contributed by atoms with Gasteiger partial charge in [0.2, 0.25) is 5.91 Å². The van der Waals surface area contributed by atoms with E-state index in [4.69, 9.17) is 9.47 Å². The van der Waals surface area contributed by atoms with Crippen molar-refractivity contribution >= 4 is 5.91 Å². The lowest BCUT2D eigenvalue weighted by molar-refractivity contribution is -0.130. The third-order valence-corrected chi connectivity index (χ3v) is 2.74. The summed E-state index contributed by atoms with van der Waals surface area (Å²) < 4.78 is 10.9. The highest BCUT2D eigenvalue weighted by atomic mass is 16.5. The number of carbonyl (C=O) groups is 1. The molecule has 0 rings (SSSR count). The molecule has 0 heterocycles. The third kappa shape index (κ3) is 10.5. The van der Waals surface area contributed by atoms with Crippen LogP contribution < -0.4 is 0 Å². The highest BCUT2D eigenvalue weighted by Crippen LogP contribution is 2.02. The van der Waals surface area contributed by atoms with Gasteiger partial charge in [0.15, 0.2) is 0 Å². The molecule has 0 aliphatic heterocycles. The molecule has 0 unspecified atom stereocenters. The van der Waals surface area contributed by atoms with Crippen LogP contribution in [-0.4, -0.2) is 50.8 Å². The highest BCUT2D eigenvalue weighted by Gasteiger charge is 2.04. The van der Waals surface area contributed by atoms with E-state index in [2.05, 4.69) is 13.8 Å². The molecule has 4 nitrogen and oxygen atoms in total. The second-order valence-corrected chi connectivity index (χ2v) is 4.93. The largest absolute Gasteiger partial charge is 0.379 e. The number of carbonyl (C=O) groups excluding carboxylic acids is 1. The highest BCUT2D eigenvalue weighted by molar-refractivity contribution is 5.75. The molecule has 108 valence electrons. The van der Waals surface area contributed by atoms with Crippen molar-refractivity contribution in [2.45, 2.75) is 40.0 Å². The van der Waals surface area contributed by atoms with Crippen LogP contribution in [0.4, 0.5) is 0 Å². The first-order chi connectivity index (χ1) is 8.57. The van der Waals surface area contributed by atoms with Crippen LogP contribution in [0.3, 0.4) is 0 Å². The van der Waals surface area contributed by atoms with Crippen LogP contribution in [0.1, 0.15) is 40.0 Å². The van der Waals surface area contributed by atoms with Gasteiger partial charge in [0.1, 0.15) is 0 Å². The summed E-state index contributed by atoms with van der Waals surface area (Å²) in [6, 6.07) is 0. The fourth-order valence-electron chi connectivity index (χ4n) is 1.51. The van der Waals surface area contributed by atoms with Crippen LogP contribution in [0.15, 0.2) is 0 Å². The maximum absolute atomic E-state index is 11.3. The van der Waals surface area contributed by atoms with Crippen molar-refractivity contribution in [2.24, 2.45) is 5.92 Å². The van der Waals surface area contributed by atoms with E-state index in [0.717, 1.165) is 18.9 Å². The first kappa shape index (κ1) is 17.4. The fraction of sp³-hybridized carbons (Fsp3) is 0.929. The Kier molecular flexibility index (Phi) is 11.1. The Bertz CT molecular complexity index is 207. The van der Waals surface area contributed by atoms with Gasteiger partial charge in [-0.25, -0.2) is 0 Å². The molecule has 18 heavy (non-hydrogen) atoms. The Hall–Kier alpha value is -0.610. The summed E-state index contributed by atoms with van der Waals surface area (Å²) >= 11 is 0. The average molecular weight is 259 g/mol. The van der Waals surface area contributed by atoms with Crippen molar-refractivity contribution in [2.75, 3.05) is 40.0 Å². The Balaban J connectivity index is 3.19. The zero-order valence-corrected chi connectivity index (χ0v) is 12.4. The second-order valence-electron chi connectivity index (χ2n) is 4.93. The van der Waals surface area contributed by atoms with Crippen molar-refractivity contribution < 1.29 is 14.3 Å². The lowest BCUT2D eigenvalue weighted by Gasteiger charge is -2.16. The minimum Gasteiger partial charge on any atom is -0.379 e. The van der Waals surface area contributed by atoms with E-state index in [-0.39, 0.29) is 5.91 Å². The number of amides is 1. The second kappa shape index (κ2) is 11.5. The van der Waals surface area contributed by atoms with E-state index >= 15 is 0 Å². The van der Waals surface area contributed by atoms with Crippen molar-refractivity contribution in [1.82, 2.24) is 4.90 Å². The lowest BCUT2D eigenvalue weighted by atomic mass is 10.1. The van der Waals surface area contributed by atoms with Crippen molar-refractivity contribution in [3.8, 4) is 0 Å². The van der Waals surface area contributed by atoms with Gasteiger partial charge in [0, 0.05) is 26.6 Å². The fourth-order valence-corrected chi connectivity index (χ4v) is 1.51. The molecule has 0 aromatic carbocycles. The van der Waals surface area contributed by atoms with Crippen LogP contribution in [0, 0.1) is 5.92 Å². The maximum Gasteiger partial charge on any atom is 0.222 e. The van der Waals surface area contributed by atoms with Gasteiger partial charge in [-0.1, -0.05) is 20.8 Å². The van der Waals surface area contributed by atoms with Gasteiger partial charge < -0.3 is 14.4 Å². The van der Waals surface area contributed by atoms with Crippen LogP contribution in [0.2, 0.25) is 0 Å². The number of likely N-dealkylation sites (N-methyl/N-ethyl adjacent to an activating group) is 1. The molecule has 0 fully saturated rings. The van der Waals surface area contributed by atoms with E-state index in [1.807, 2.05) is 6.92 Å². The third-order valence-electron chi connectivity index (χ3n) is 2.74. The van der Waals surface area contributed by atoms with Crippen LogP contribution in [0.5, 0.6) is 0 Å². The maximum atomic E-state index is 11.3. The molecule has 4 heteroatoms. The summed E-state index contributed by atoms with van der Waals surface area (Å²) in [5.41, 5.74) is 0. The zero-order chi connectivity index (χ0) is 13.8. The zero-order valence-electron chi connectivity index (χ0n) is 12.4. The standard InChI is InChI=1S/C14H29NO3/c1-5-14(16)15(4)8-10-18-12-11-17-9-6-7-13(2)3/h13H,5-12H2,1-4H3. The number of ether oxygens (including phenoxy) is 2. The molecule has 0 atom stereocenters. The van der Waals surface area contributed by atoms with Gasteiger partial charge >= 0.3 is 0 Å². The number of hydrogen-bond donors (Lipinski definition) is 0. The molecule has 0 bridgehead atoms. The van der Waals surface area contributed by atoms with Gasteiger partial charge in [-0.15, -0.1) is 0 Å². The quantitative estimate of drug-likeness (QED) is 0.535. The summed E-state index contributed by atoms with van der Waals surface area (Å²) in [5.74, 6) is 0.903. The molecule has 0 aliphatic rings. The van der Waals surface area contributed by atoms with Gasteiger partial charge in [-0.05, 0) is 18.8 Å². The predicted octanol–water partition coefficient (Wildman–Crippen LogP) is 2.32. The number of rotatable bonds is 11. The Morgan fingerprint density at radius 1 is 1.11 bits per heavy atom. The van der Waals surface area contributed by atoms with Gasteiger partial charge in [-0.2, -0.15) is 0 Å². The Morgan fingerprint density at radius 3 is 2.28 bits per heavy atom. The molecular weight excluding hydrogens is 230 g/mol. The summed E-state index contributed by atoms with van der Waals surface area (Å²) in [5, 5.41) is 0. The first-order valence-electron chi connectivity index (χ1n) is 6.97. The van der Waals surface area contributed by atoms with Crippen molar-refractivity contribution in [1.29, 1.82) is 0 Å². The SMILES string of the molecule is CCC(=O)N(C)CCOCCOCCCC(C)C. The molecule has 1 amide bonds. The van der Waals surface area contributed by atoms with E-state index in [0.29, 0.717) is 32.8 Å². The molecule has 0 saturated carbocycles. The topological polar surface area (TPSA) is 38.8 Å². The van der Waals surface area contributed by atoms with E-state index in [1.54, 1.807) is 11.9 Å². The minimum atomic E-state index is 0.156. The van der Waals surface area contributed by atoms with Crippen molar-refractivity contribution in [3.05, 3.63) is 0 Å². The summed E-state index contributed by atoms with van der Waals surface area (Å²) in [6.45, 7) is 9.60. The van der Waals surface area contributed by atoms with E-state index < -0.39 is 0 Å². The molecule has 0 aliphatic carbocycles. The van der Waals surface area contributed by atoms with Crippen LogP contribution in [0.25, 0.3) is 0 Å². The Labute approximate surface area is 112 Å². The normalized spacial score (nSPS) is 10.9. The predicted molar refractivity (Wildman–Crippen MR) is 73.6 cm³/mol. The number of nitrogens with zero attached hydrogens (tertiary/aromatic N) is 1. The summed E-state index contributed by atoms with van der Waals surface area (Å²) in [6.07, 6.45) is 2.88. The molecule has 0 aromatic heterocycles. The molecule has 0 radical (unpaired) electrons. The van der Waals surface area contributed by atoms with Gasteiger partial charge in [0.05, 0.1) is 19.8 Å². The molecule has 0 N–H and O–H groups in total. The van der Waals surface area contributed by atoms with E-state index in [9.17, 15) is 4.79 Å². The van der Waals surface area contributed by atoms with Gasteiger partial charge in [-0.3, -0.25) is 4.79 Å². The monoisotopic (exact) mass is 259 g/mol. The average Bonchev–Trinajstić information content (AvgIpc) is 2.35. The Morgan fingerprint density at radius 2 is 1.72 bits per heavy atom. The molecule has 0 aromatic rings. The summed E-state index contributed by atoms with van der Waals surface area (Å²) in [7, 11) is 1.80. The lowest BCUT2D eigenvalue weighted by Crippen LogP contribution is -2.29. The summed E-state index contributed by atoms with van der Waals surface area (Å²) in [4.78, 5) is 12.9. The van der Waals surface area contributed by atoms with Crippen LogP contribution in [-0.2, 0) is 14.3 Å². The smallest absolute Gasteiger partial charge is 0.222 e. The first-order valence-corrected chi connectivity index (χ1v) is 6.97. The minimum absolute atomic E-state index is 0.156. The number of hydrogen-bond acceptors (Lipinski definition) is 3. The molecule has 0 spiro atoms. The molecule has 0 saturated heterocycles. The molecular formula is C14H29NO3. The van der Waals surface area contributed by atoms with Gasteiger partial charge in [0.25, 0.3) is 0 Å².